The third-order valence-electron chi connectivity index (χ3n) is 5.27. The first-order valence-electron chi connectivity index (χ1n) is 10.1. The van der Waals surface area contributed by atoms with E-state index in [1.54, 1.807) is 0 Å². The van der Waals surface area contributed by atoms with Crippen LogP contribution < -0.4 is 0 Å². The third-order valence-corrected chi connectivity index (χ3v) is 5.27. The largest absolute Gasteiger partial charge is 0.337 e. The minimum Gasteiger partial charge on any atom is -0.337 e. The van der Waals surface area contributed by atoms with Crippen molar-refractivity contribution in [3.8, 4) is 0 Å². The number of rotatable bonds is 5. The molecule has 1 fully saturated rings. The fourth-order valence-electron chi connectivity index (χ4n) is 3.97. The van der Waals surface area contributed by atoms with E-state index >= 15 is 0 Å². The van der Waals surface area contributed by atoms with Crippen LogP contribution in [0.25, 0.3) is 5.65 Å². The van der Waals surface area contributed by atoms with E-state index in [2.05, 4.69) is 29.1 Å². The minimum absolute atomic E-state index is 0.0186. The lowest BCUT2D eigenvalue weighted by molar-refractivity contribution is 0.0654. The van der Waals surface area contributed by atoms with Crippen LogP contribution in [-0.4, -0.2) is 48.3 Å². The molecule has 4 heterocycles. The quantitative estimate of drug-likeness (QED) is 0.682. The lowest BCUT2D eigenvalue weighted by atomic mass is 9.98. The molecule has 0 saturated carbocycles. The van der Waals surface area contributed by atoms with Gasteiger partial charge in [-0.05, 0) is 49.7 Å². The van der Waals surface area contributed by atoms with E-state index in [0.717, 1.165) is 55.8 Å². The second-order valence-electron chi connectivity index (χ2n) is 8.39. The second-order valence-corrected chi connectivity index (χ2v) is 8.39. The van der Waals surface area contributed by atoms with Gasteiger partial charge in [0.05, 0.1) is 5.69 Å². The molecule has 0 aromatic carbocycles. The minimum atomic E-state index is 0.0186. The molecule has 0 aliphatic carbocycles. The highest BCUT2D eigenvalue weighted by Gasteiger charge is 2.26. The number of hydrogen-bond donors (Lipinski definition) is 0. The van der Waals surface area contributed by atoms with Crippen LogP contribution in [-0.2, 0) is 13.0 Å². The average molecular weight is 380 g/mol. The molecular formula is C21H28N6O. The van der Waals surface area contributed by atoms with E-state index in [1.807, 2.05) is 51.6 Å². The van der Waals surface area contributed by atoms with Crippen LogP contribution in [0.1, 0.15) is 48.4 Å². The van der Waals surface area contributed by atoms with Crippen molar-refractivity contribution < 1.29 is 4.79 Å². The standard InChI is InChI=1S/C21H28N6O/c1-15(2)9-18-13-27(24-23-18)12-17-5-4-8-25(11-17)21(28)19-14-26-10-16(3)6-7-20(26)22-19/h6-7,10,13-15,17H,4-5,8-9,11-12H2,1-3H3. The first kappa shape index (κ1) is 18.7. The lowest BCUT2D eigenvalue weighted by Crippen LogP contribution is -2.41. The number of aryl methyl sites for hydroxylation is 1. The highest BCUT2D eigenvalue weighted by molar-refractivity contribution is 5.93. The third kappa shape index (κ3) is 4.08. The number of pyridine rings is 1. The molecule has 7 nitrogen and oxygen atoms in total. The number of fused-ring (bicyclic) bond motifs is 1. The Bertz CT molecular complexity index is 972. The number of likely N-dealkylation sites (tertiary alicyclic amines) is 1. The number of imidazole rings is 1. The molecule has 0 N–H and O–H groups in total. The van der Waals surface area contributed by atoms with Crippen molar-refractivity contribution in [2.24, 2.45) is 11.8 Å². The first-order chi connectivity index (χ1) is 13.5. The van der Waals surface area contributed by atoms with E-state index in [0.29, 0.717) is 17.5 Å². The molecule has 4 rings (SSSR count). The Labute approximate surface area is 165 Å². The van der Waals surface area contributed by atoms with Gasteiger partial charge in [-0.1, -0.05) is 25.1 Å². The van der Waals surface area contributed by atoms with Crippen LogP contribution in [0.15, 0.2) is 30.7 Å². The maximum atomic E-state index is 13.0. The Morgan fingerprint density at radius 3 is 2.93 bits per heavy atom. The van der Waals surface area contributed by atoms with Crippen LogP contribution in [0.4, 0.5) is 0 Å². The highest BCUT2D eigenvalue weighted by Crippen LogP contribution is 2.20. The monoisotopic (exact) mass is 380 g/mol. The van der Waals surface area contributed by atoms with Crippen molar-refractivity contribution >= 4 is 11.6 Å². The van der Waals surface area contributed by atoms with Crippen molar-refractivity contribution in [3.05, 3.63) is 47.7 Å². The predicted molar refractivity (Wildman–Crippen MR) is 107 cm³/mol. The van der Waals surface area contributed by atoms with Crippen LogP contribution >= 0.6 is 0 Å². The number of hydrogen-bond acceptors (Lipinski definition) is 4. The smallest absolute Gasteiger partial charge is 0.274 e. The van der Waals surface area contributed by atoms with Crippen molar-refractivity contribution in [2.45, 2.75) is 46.6 Å². The molecule has 28 heavy (non-hydrogen) atoms. The summed E-state index contributed by atoms with van der Waals surface area (Å²) in [6, 6.07) is 3.96. The summed E-state index contributed by atoms with van der Waals surface area (Å²) in [5, 5.41) is 8.55. The first-order valence-corrected chi connectivity index (χ1v) is 10.1. The zero-order valence-electron chi connectivity index (χ0n) is 16.9. The van der Waals surface area contributed by atoms with Gasteiger partial charge in [0.25, 0.3) is 5.91 Å². The number of nitrogens with zero attached hydrogens (tertiary/aromatic N) is 6. The zero-order chi connectivity index (χ0) is 19.7. The molecular weight excluding hydrogens is 352 g/mol. The Hall–Kier alpha value is -2.70. The SMILES string of the molecule is Cc1ccc2nc(C(=O)N3CCCC(Cn4cc(CC(C)C)nn4)C3)cn2c1. The summed E-state index contributed by atoms with van der Waals surface area (Å²) in [5.74, 6) is 0.984. The number of amides is 1. The molecule has 3 aromatic rings. The lowest BCUT2D eigenvalue weighted by Gasteiger charge is -2.32. The second kappa shape index (κ2) is 7.73. The van der Waals surface area contributed by atoms with E-state index in [-0.39, 0.29) is 5.91 Å². The molecule has 148 valence electrons. The fourth-order valence-corrected chi connectivity index (χ4v) is 3.97. The van der Waals surface area contributed by atoms with Crippen LogP contribution in [0.2, 0.25) is 0 Å². The molecule has 0 bridgehead atoms. The van der Waals surface area contributed by atoms with Gasteiger partial charge in [0.2, 0.25) is 0 Å². The fraction of sp³-hybridized carbons (Fsp3) is 0.524. The van der Waals surface area contributed by atoms with Gasteiger partial charge in [0, 0.05) is 38.2 Å². The van der Waals surface area contributed by atoms with E-state index in [4.69, 9.17) is 0 Å². The zero-order valence-corrected chi connectivity index (χ0v) is 16.9. The van der Waals surface area contributed by atoms with Gasteiger partial charge < -0.3 is 9.30 Å². The van der Waals surface area contributed by atoms with E-state index in [9.17, 15) is 4.79 Å². The molecule has 3 aromatic heterocycles. The average Bonchev–Trinajstić information content (AvgIpc) is 3.27. The topological polar surface area (TPSA) is 68.3 Å². The van der Waals surface area contributed by atoms with Gasteiger partial charge in [-0.2, -0.15) is 0 Å². The van der Waals surface area contributed by atoms with Gasteiger partial charge in [-0.15, -0.1) is 5.10 Å². The number of aromatic nitrogens is 5. The molecule has 1 aliphatic heterocycles. The maximum absolute atomic E-state index is 13.0. The summed E-state index contributed by atoms with van der Waals surface area (Å²) in [5.41, 5.74) is 3.51. The van der Waals surface area contributed by atoms with Gasteiger partial charge >= 0.3 is 0 Å². The van der Waals surface area contributed by atoms with Crippen LogP contribution in [0, 0.1) is 18.8 Å². The summed E-state index contributed by atoms with van der Waals surface area (Å²) in [7, 11) is 0. The van der Waals surface area contributed by atoms with E-state index < -0.39 is 0 Å². The summed E-state index contributed by atoms with van der Waals surface area (Å²) in [4.78, 5) is 19.4. The van der Waals surface area contributed by atoms with Gasteiger partial charge in [0.1, 0.15) is 11.3 Å². The Morgan fingerprint density at radius 2 is 2.11 bits per heavy atom. The molecule has 1 unspecified atom stereocenters. The number of carbonyl (C=O) groups excluding carboxylic acids is 1. The Balaban J connectivity index is 1.42. The molecule has 7 heteroatoms. The normalized spacial score (nSPS) is 17.6. The highest BCUT2D eigenvalue weighted by atomic mass is 16.2. The van der Waals surface area contributed by atoms with Crippen molar-refractivity contribution in [1.82, 2.24) is 29.3 Å². The van der Waals surface area contributed by atoms with E-state index in [1.165, 1.54) is 0 Å². The van der Waals surface area contributed by atoms with Gasteiger partial charge in [-0.25, -0.2) is 4.98 Å². The number of carbonyl (C=O) groups is 1. The molecule has 0 radical (unpaired) electrons. The molecule has 1 saturated heterocycles. The van der Waals surface area contributed by atoms with Gasteiger partial charge in [0.15, 0.2) is 0 Å². The summed E-state index contributed by atoms with van der Waals surface area (Å²) >= 11 is 0. The molecule has 0 spiro atoms. The van der Waals surface area contributed by atoms with Crippen molar-refractivity contribution in [2.75, 3.05) is 13.1 Å². The summed E-state index contributed by atoms with van der Waals surface area (Å²) in [6.07, 6.45) is 8.94. The Morgan fingerprint density at radius 1 is 1.25 bits per heavy atom. The predicted octanol–water partition coefficient (Wildman–Crippen LogP) is 2.99. The van der Waals surface area contributed by atoms with Gasteiger partial charge in [-0.3, -0.25) is 9.48 Å². The molecule has 1 aliphatic rings. The van der Waals surface area contributed by atoms with Crippen molar-refractivity contribution in [1.29, 1.82) is 0 Å². The molecule has 1 atom stereocenters. The number of piperidine rings is 1. The van der Waals surface area contributed by atoms with Crippen molar-refractivity contribution in [3.63, 3.8) is 0 Å². The maximum Gasteiger partial charge on any atom is 0.274 e. The Kier molecular flexibility index (Phi) is 5.15. The summed E-state index contributed by atoms with van der Waals surface area (Å²) < 4.78 is 3.86. The van der Waals surface area contributed by atoms with Crippen LogP contribution in [0.3, 0.4) is 0 Å². The molecule has 1 amide bonds. The summed E-state index contributed by atoms with van der Waals surface area (Å²) in [6.45, 7) is 8.74. The van der Waals surface area contributed by atoms with Crippen LogP contribution in [0.5, 0.6) is 0 Å².